The second-order valence-corrected chi connectivity index (χ2v) is 11.3. The first-order valence-electron chi connectivity index (χ1n) is 13.4. The Kier molecular flexibility index (Phi) is 8.13. The van der Waals surface area contributed by atoms with Crippen LogP contribution in [0.5, 0.6) is 0 Å². The first-order valence-corrected chi connectivity index (χ1v) is 13.4. The van der Waals surface area contributed by atoms with Gasteiger partial charge in [0.25, 0.3) is 0 Å². The van der Waals surface area contributed by atoms with E-state index in [-0.39, 0.29) is 0 Å². The number of likely N-dealkylation sites (tertiary alicyclic amines) is 1. The number of hydrazine groups is 1. The summed E-state index contributed by atoms with van der Waals surface area (Å²) in [6, 6.07) is 10.1. The standard InChI is InChI=1S/C30H42N6O2/c1-20-9-10-22(17-23(20)18-36-16-13-33-26(36)19-35-14-7-6-8-15-35)27(30(3,4)29(37)38)24-11-12-25(34(5)32)28(31)21(24)2/h9-13,16-17,27H,6-8,14-15,18-19,31-32H2,1-5H3,(H,37,38). The van der Waals surface area contributed by atoms with E-state index in [4.69, 9.17) is 11.6 Å². The van der Waals surface area contributed by atoms with Gasteiger partial charge in [0.05, 0.1) is 23.3 Å². The molecule has 1 fully saturated rings. The van der Waals surface area contributed by atoms with Crippen LogP contribution in [0.4, 0.5) is 11.4 Å². The lowest BCUT2D eigenvalue weighted by Crippen LogP contribution is -2.33. The van der Waals surface area contributed by atoms with Crippen LogP contribution in [0.15, 0.2) is 42.7 Å². The summed E-state index contributed by atoms with van der Waals surface area (Å²) in [7, 11) is 1.74. The number of piperidine rings is 1. The first kappa shape index (κ1) is 27.7. The maximum absolute atomic E-state index is 12.5. The van der Waals surface area contributed by atoms with Crippen LogP contribution in [0.1, 0.15) is 72.7 Å². The van der Waals surface area contributed by atoms with Crippen molar-refractivity contribution in [2.45, 2.75) is 66.0 Å². The summed E-state index contributed by atoms with van der Waals surface area (Å²) in [6.45, 7) is 11.4. The van der Waals surface area contributed by atoms with Crippen LogP contribution in [0.2, 0.25) is 0 Å². The van der Waals surface area contributed by atoms with Gasteiger partial charge in [0.1, 0.15) is 5.82 Å². The highest BCUT2D eigenvalue weighted by Crippen LogP contribution is 2.45. The fraction of sp³-hybridized carbons (Fsp3) is 0.467. The van der Waals surface area contributed by atoms with Crippen molar-refractivity contribution in [1.29, 1.82) is 0 Å². The number of nitrogens with zero attached hydrogens (tertiary/aromatic N) is 4. The molecule has 0 saturated carbocycles. The van der Waals surface area contributed by atoms with E-state index in [1.807, 2.05) is 31.5 Å². The third kappa shape index (κ3) is 5.56. The molecule has 4 rings (SSSR count). The lowest BCUT2D eigenvalue weighted by molar-refractivity contribution is -0.147. The molecule has 0 spiro atoms. The lowest BCUT2D eigenvalue weighted by Gasteiger charge is -2.34. The van der Waals surface area contributed by atoms with E-state index >= 15 is 0 Å². The normalized spacial score (nSPS) is 15.4. The molecule has 8 heteroatoms. The second-order valence-electron chi connectivity index (χ2n) is 11.3. The molecule has 8 nitrogen and oxygen atoms in total. The molecule has 0 aliphatic carbocycles. The molecule has 2 heterocycles. The van der Waals surface area contributed by atoms with Gasteiger partial charge in [-0.05, 0) is 87.5 Å². The third-order valence-electron chi connectivity index (χ3n) is 8.16. The second kappa shape index (κ2) is 11.2. The zero-order valence-electron chi connectivity index (χ0n) is 23.4. The van der Waals surface area contributed by atoms with E-state index in [1.54, 1.807) is 20.9 Å². The summed E-state index contributed by atoms with van der Waals surface area (Å²) in [5, 5.41) is 11.8. The van der Waals surface area contributed by atoms with E-state index in [1.165, 1.54) is 24.3 Å². The van der Waals surface area contributed by atoms with Crippen molar-refractivity contribution in [3.8, 4) is 0 Å². The van der Waals surface area contributed by atoms with Crippen molar-refractivity contribution < 1.29 is 9.90 Å². The van der Waals surface area contributed by atoms with Crippen molar-refractivity contribution in [1.82, 2.24) is 14.5 Å². The third-order valence-corrected chi connectivity index (χ3v) is 8.16. The molecule has 3 aromatic rings. The predicted molar refractivity (Wildman–Crippen MR) is 153 cm³/mol. The topological polar surface area (TPSA) is 114 Å². The van der Waals surface area contributed by atoms with Gasteiger partial charge in [-0.25, -0.2) is 10.8 Å². The van der Waals surface area contributed by atoms with Gasteiger partial charge >= 0.3 is 5.97 Å². The first-order chi connectivity index (χ1) is 18.0. The Balaban J connectivity index is 1.73. The number of nitrogens with two attached hydrogens (primary N) is 2. The molecule has 0 amide bonds. The minimum absolute atomic E-state index is 0.408. The molecule has 2 aromatic carbocycles. The number of nitrogen functional groups attached to an aromatic ring is 1. The highest BCUT2D eigenvalue weighted by molar-refractivity contribution is 5.78. The van der Waals surface area contributed by atoms with Crippen LogP contribution in [-0.4, -0.2) is 45.7 Å². The summed E-state index contributed by atoms with van der Waals surface area (Å²) in [5.74, 6) is 5.77. The van der Waals surface area contributed by atoms with Crippen LogP contribution in [-0.2, 0) is 17.9 Å². The molecule has 38 heavy (non-hydrogen) atoms. The smallest absolute Gasteiger partial charge is 0.310 e. The summed E-state index contributed by atoms with van der Waals surface area (Å²) in [4.78, 5) is 19.7. The Morgan fingerprint density at radius 3 is 2.50 bits per heavy atom. The van der Waals surface area contributed by atoms with E-state index in [0.717, 1.165) is 53.3 Å². The Morgan fingerprint density at radius 1 is 1.13 bits per heavy atom. The number of carbonyl (C=O) groups is 1. The van der Waals surface area contributed by atoms with Crippen LogP contribution in [0.25, 0.3) is 0 Å². The van der Waals surface area contributed by atoms with Crippen LogP contribution in [0, 0.1) is 19.3 Å². The number of aromatic nitrogens is 2. The minimum Gasteiger partial charge on any atom is -0.481 e. The number of carboxylic acid groups (broad SMARTS) is 1. The minimum atomic E-state index is -1.08. The number of carboxylic acids is 1. The summed E-state index contributed by atoms with van der Waals surface area (Å²) >= 11 is 0. The molecular weight excluding hydrogens is 476 g/mol. The zero-order valence-corrected chi connectivity index (χ0v) is 23.4. The number of anilines is 2. The number of benzene rings is 2. The Bertz CT molecular complexity index is 1290. The number of hydrogen-bond acceptors (Lipinski definition) is 6. The fourth-order valence-electron chi connectivity index (χ4n) is 5.64. The summed E-state index contributed by atoms with van der Waals surface area (Å²) in [5.41, 5.74) is 11.7. The van der Waals surface area contributed by atoms with Gasteiger partial charge in [0, 0.05) is 31.9 Å². The largest absolute Gasteiger partial charge is 0.481 e. The summed E-state index contributed by atoms with van der Waals surface area (Å²) in [6.07, 6.45) is 7.71. The molecular formula is C30H42N6O2. The van der Waals surface area contributed by atoms with Gasteiger partial charge in [-0.15, -0.1) is 0 Å². The Labute approximate surface area is 226 Å². The van der Waals surface area contributed by atoms with Gasteiger partial charge in [-0.2, -0.15) is 0 Å². The van der Waals surface area contributed by atoms with E-state index in [9.17, 15) is 9.90 Å². The van der Waals surface area contributed by atoms with E-state index < -0.39 is 17.3 Å². The SMILES string of the molecule is Cc1ccc(C(c2ccc(N(C)N)c(N)c2C)C(C)(C)C(=O)O)cc1Cn1ccnc1CN1CCCCC1. The molecule has 204 valence electrons. The number of imidazole rings is 1. The Hall–Kier alpha value is -3.36. The lowest BCUT2D eigenvalue weighted by atomic mass is 9.69. The highest BCUT2D eigenvalue weighted by atomic mass is 16.4. The molecule has 1 aliphatic heterocycles. The molecule has 1 unspecified atom stereocenters. The van der Waals surface area contributed by atoms with Gasteiger partial charge in [0.15, 0.2) is 0 Å². The van der Waals surface area contributed by atoms with Crippen molar-refractivity contribution in [2.24, 2.45) is 11.3 Å². The van der Waals surface area contributed by atoms with Crippen LogP contribution < -0.4 is 16.6 Å². The quantitative estimate of drug-likeness (QED) is 0.214. The molecule has 1 saturated heterocycles. The molecule has 1 atom stereocenters. The van der Waals surface area contributed by atoms with Crippen molar-refractivity contribution in [2.75, 3.05) is 30.9 Å². The van der Waals surface area contributed by atoms with E-state index in [0.29, 0.717) is 17.9 Å². The monoisotopic (exact) mass is 518 g/mol. The maximum atomic E-state index is 12.5. The van der Waals surface area contributed by atoms with Crippen molar-refractivity contribution in [3.05, 3.63) is 76.4 Å². The van der Waals surface area contributed by atoms with Gasteiger partial charge < -0.3 is 20.4 Å². The molecule has 1 aromatic heterocycles. The molecule has 0 bridgehead atoms. The number of aliphatic carboxylic acids is 1. The molecule has 5 N–H and O–H groups in total. The maximum Gasteiger partial charge on any atom is 0.310 e. The number of rotatable bonds is 9. The molecule has 0 radical (unpaired) electrons. The van der Waals surface area contributed by atoms with Crippen LogP contribution in [0.3, 0.4) is 0 Å². The predicted octanol–water partition coefficient (Wildman–Crippen LogP) is 4.67. The highest BCUT2D eigenvalue weighted by Gasteiger charge is 2.40. The van der Waals surface area contributed by atoms with Crippen molar-refractivity contribution in [3.63, 3.8) is 0 Å². The average molecular weight is 519 g/mol. The number of aryl methyl sites for hydroxylation is 1. The Morgan fingerprint density at radius 2 is 1.84 bits per heavy atom. The van der Waals surface area contributed by atoms with E-state index in [2.05, 4.69) is 39.6 Å². The van der Waals surface area contributed by atoms with Gasteiger partial charge in [-0.1, -0.05) is 30.7 Å². The van der Waals surface area contributed by atoms with Crippen LogP contribution >= 0.6 is 0 Å². The van der Waals surface area contributed by atoms with Crippen molar-refractivity contribution >= 4 is 17.3 Å². The average Bonchev–Trinajstić information content (AvgIpc) is 3.30. The zero-order chi connectivity index (χ0) is 27.6. The van der Waals surface area contributed by atoms with Gasteiger partial charge in [0.2, 0.25) is 0 Å². The number of hydrogen-bond donors (Lipinski definition) is 3. The molecule has 1 aliphatic rings. The van der Waals surface area contributed by atoms with Gasteiger partial charge in [-0.3, -0.25) is 9.69 Å². The fourth-order valence-corrected chi connectivity index (χ4v) is 5.64. The summed E-state index contributed by atoms with van der Waals surface area (Å²) < 4.78 is 2.22.